The number of carboxylic acids is 1. The van der Waals surface area contributed by atoms with Crippen molar-refractivity contribution in [1.82, 2.24) is 20.2 Å². The summed E-state index contributed by atoms with van der Waals surface area (Å²) in [6, 6.07) is 0. The maximum Gasteiger partial charge on any atom is 0.303 e. The lowest BCUT2D eigenvalue weighted by Crippen LogP contribution is -2.12. The van der Waals surface area contributed by atoms with E-state index in [0.29, 0.717) is 18.8 Å². The van der Waals surface area contributed by atoms with Crippen LogP contribution >= 0.6 is 0 Å². The average Bonchev–Trinajstić information content (AvgIpc) is 2.86. The van der Waals surface area contributed by atoms with E-state index in [0.717, 1.165) is 12.8 Å². The lowest BCUT2D eigenvalue weighted by Gasteiger charge is -2.10. The molecule has 1 aliphatic heterocycles. The molecule has 1 aromatic heterocycles. The summed E-state index contributed by atoms with van der Waals surface area (Å²) in [5.74, 6) is -0.0925. The molecule has 2 rings (SSSR count). The molecule has 0 bridgehead atoms. The number of aromatic nitrogens is 4. The van der Waals surface area contributed by atoms with E-state index < -0.39 is 5.97 Å². The molecule has 7 heteroatoms. The van der Waals surface area contributed by atoms with Gasteiger partial charge in [0.1, 0.15) is 6.10 Å². The number of aliphatic carboxylic acids is 1. The molecule has 1 saturated heterocycles. The maximum atomic E-state index is 10.4. The smallest absolute Gasteiger partial charge is 0.303 e. The van der Waals surface area contributed by atoms with Gasteiger partial charge < -0.3 is 9.84 Å². The lowest BCUT2D eigenvalue weighted by atomic mass is 10.2. The Morgan fingerprint density at radius 1 is 1.59 bits per heavy atom. The first-order valence-electron chi connectivity index (χ1n) is 5.80. The minimum absolute atomic E-state index is 0.0511. The molecule has 0 saturated carbocycles. The van der Waals surface area contributed by atoms with Gasteiger partial charge in [-0.15, -0.1) is 5.10 Å². The van der Waals surface area contributed by atoms with Crippen LogP contribution in [0.3, 0.4) is 0 Å². The lowest BCUT2D eigenvalue weighted by molar-refractivity contribution is -0.137. The molecule has 17 heavy (non-hydrogen) atoms. The molecule has 2 heterocycles. The van der Waals surface area contributed by atoms with Crippen molar-refractivity contribution >= 4 is 5.97 Å². The Labute approximate surface area is 98.8 Å². The third-order valence-corrected chi connectivity index (χ3v) is 2.84. The second-order valence-electron chi connectivity index (χ2n) is 4.27. The first-order chi connectivity index (χ1) is 8.16. The van der Waals surface area contributed by atoms with Gasteiger partial charge >= 0.3 is 5.97 Å². The van der Waals surface area contributed by atoms with E-state index in [4.69, 9.17) is 9.84 Å². The van der Waals surface area contributed by atoms with Gasteiger partial charge in [-0.05, 0) is 36.6 Å². The fourth-order valence-corrected chi connectivity index (χ4v) is 1.97. The van der Waals surface area contributed by atoms with Crippen molar-refractivity contribution in [3.8, 4) is 0 Å². The molecule has 7 nitrogen and oxygen atoms in total. The Morgan fingerprint density at radius 2 is 2.41 bits per heavy atom. The van der Waals surface area contributed by atoms with Crippen LogP contribution in [-0.2, 0) is 16.1 Å². The highest BCUT2D eigenvalue weighted by Crippen LogP contribution is 2.30. The second kappa shape index (κ2) is 5.22. The van der Waals surface area contributed by atoms with Gasteiger partial charge in [0.15, 0.2) is 5.82 Å². The number of carbonyl (C=O) groups is 1. The van der Waals surface area contributed by atoms with Crippen molar-refractivity contribution in [2.45, 2.75) is 51.4 Å². The van der Waals surface area contributed by atoms with Gasteiger partial charge in [-0.2, -0.15) is 0 Å². The Kier molecular flexibility index (Phi) is 3.68. The molecule has 1 fully saturated rings. The monoisotopic (exact) mass is 240 g/mol. The van der Waals surface area contributed by atoms with Crippen LogP contribution in [0.25, 0.3) is 0 Å². The quantitative estimate of drug-likeness (QED) is 0.817. The second-order valence-corrected chi connectivity index (χ2v) is 4.27. The summed E-state index contributed by atoms with van der Waals surface area (Å²) in [7, 11) is 0. The fraction of sp³-hybridized carbons (Fsp3) is 0.800. The van der Waals surface area contributed by atoms with Crippen molar-refractivity contribution < 1.29 is 14.6 Å². The molecule has 0 aliphatic carbocycles. The molecular weight excluding hydrogens is 224 g/mol. The van der Waals surface area contributed by atoms with E-state index in [1.807, 2.05) is 6.92 Å². The predicted octanol–water partition coefficient (Wildman–Crippen LogP) is 0.778. The van der Waals surface area contributed by atoms with Crippen LogP contribution in [0.4, 0.5) is 0 Å². The third kappa shape index (κ3) is 3.00. The number of tetrazole rings is 1. The standard InChI is InChI=1S/C10H16N4O3/c1-7-4-5-8(17-7)10-11-12-13-14(10)6-2-3-9(15)16/h7-8H,2-6H2,1H3,(H,15,16). The largest absolute Gasteiger partial charge is 0.481 e. The Balaban J connectivity index is 1.94. The summed E-state index contributed by atoms with van der Waals surface area (Å²) in [6.07, 6.45) is 2.76. The number of hydrogen-bond donors (Lipinski definition) is 1. The molecule has 94 valence electrons. The molecule has 2 atom stereocenters. The number of rotatable bonds is 5. The van der Waals surface area contributed by atoms with Gasteiger partial charge in [-0.25, -0.2) is 4.68 Å². The van der Waals surface area contributed by atoms with Gasteiger partial charge in [-0.1, -0.05) is 0 Å². The normalized spacial score (nSPS) is 24.1. The molecule has 0 amide bonds. The van der Waals surface area contributed by atoms with E-state index in [-0.39, 0.29) is 18.6 Å². The van der Waals surface area contributed by atoms with Crippen LogP contribution in [0.1, 0.15) is 44.5 Å². The minimum atomic E-state index is -0.801. The minimum Gasteiger partial charge on any atom is -0.481 e. The molecule has 0 aromatic carbocycles. The topological polar surface area (TPSA) is 90.1 Å². The molecule has 1 aliphatic rings. The highest BCUT2D eigenvalue weighted by Gasteiger charge is 2.27. The van der Waals surface area contributed by atoms with E-state index in [1.165, 1.54) is 0 Å². The zero-order valence-corrected chi connectivity index (χ0v) is 9.74. The van der Waals surface area contributed by atoms with Crippen molar-refractivity contribution in [2.24, 2.45) is 0 Å². The van der Waals surface area contributed by atoms with E-state index in [1.54, 1.807) is 4.68 Å². The SMILES string of the molecule is CC1CCC(c2nnnn2CCCC(=O)O)O1. The summed E-state index contributed by atoms with van der Waals surface area (Å²) in [5.41, 5.74) is 0. The van der Waals surface area contributed by atoms with Gasteiger partial charge in [0, 0.05) is 13.0 Å². The highest BCUT2D eigenvalue weighted by molar-refractivity contribution is 5.66. The number of ether oxygens (including phenoxy) is 1. The van der Waals surface area contributed by atoms with Gasteiger partial charge in [0.2, 0.25) is 0 Å². The number of carboxylic acid groups (broad SMARTS) is 1. The van der Waals surface area contributed by atoms with Crippen molar-refractivity contribution in [3.63, 3.8) is 0 Å². The molecular formula is C10H16N4O3. The van der Waals surface area contributed by atoms with Crippen LogP contribution in [0, 0.1) is 0 Å². The molecule has 2 unspecified atom stereocenters. The number of hydrogen-bond acceptors (Lipinski definition) is 5. The Morgan fingerprint density at radius 3 is 3.06 bits per heavy atom. The molecule has 0 spiro atoms. The van der Waals surface area contributed by atoms with Gasteiger partial charge in [-0.3, -0.25) is 4.79 Å². The summed E-state index contributed by atoms with van der Waals surface area (Å²) < 4.78 is 7.34. The van der Waals surface area contributed by atoms with Crippen LogP contribution in [-0.4, -0.2) is 37.4 Å². The maximum absolute atomic E-state index is 10.4. The zero-order chi connectivity index (χ0) is 12.3. The number of aryl methyl sites for hydroxylation is 1. The molecule has 0 radical (unpaired) electrons. The van der Waals surface area contributed by atoms with Gasteiger partial charge in [0.25, 0.3) is 0 Å². The van der Waals surface area contributed by atoms with E-state index in [2.05, 4.69) is 15.5 Å². The van der Waals surface area contributed by atoms with Gasteiger partial charge in [0.05, 0.1) is 6.10 Å². The number of nitrogens with zero attached hydrogens (tertiary/aromatic N) is 4. The van der Waals surface area contributed by atoms with Crippen LogP contribution in [0.2, 0.25) is 0 Å². The first kappa shape index (κ1) is 12.0. The summed E-state index contributed by atoms with van der Waals surface area (Å²) in [6.45, 7) is 2.54. The van der Waals surface area contributed by atoms with Crippen LogP contribution < -0.4 is 0 Å². The fourth-order valence-electron chi connectivity index (χ4n) is 1.97. The van der Waals surface area contributed by atoms with Crippen LogP contribution in [0.15, 0.2) is 0 Å². The third-order valence-electron chi connectivity index (χ3n) is 2.84. The molecule has 1 aromatic rings. The summed E-state index contributed by atoms with van der Waals surface area (Å²) in [5, 5.41) is 20.0. The first-order valence-corrected chi connectivity index (χ1v) is 5.80. The predicted molar refractivity (Wildman–Crippen MR) is 57.2 cm³/mol. The summed E-state index contributed by atoms with van der Waals surface area (Å²) in [4.78, 5) is 10.4. The summed E-state index contributed by atoms with van der Waals surface area (Å²) >= 11 is 0. The van der Waals surface area contributed by atoms with Crippen LogP contribution in [0.5, 0.6) is 0 Å². The van der Waals surface area contributed by atoms with E-state index in [9.17, 15) is 4.79 Å². The van der Waals surface area contributed by atoms with Crippen molar-refractivity contribution in [3.05, 3.63) is 5.82 Å². The average molecular weight is 240 g/mol. The van der Waals surface area contributed by atoms with Crippen molar-refractivity contribution in [2.75, 3.05) is 0 Å². The van der Waals surface area contributed by atoms with E-state index >= 15 is 0 Å². The van der Waals surface area contributed by atoms with Crippen molar-refractivity contribution in [1.29, 1.82) is 0 Å². The highest BCUT2D eigenvalue weighted by atomic mass is 16.5. The Hall–Kier alpha value is -1.50. The molecule has 1 N–H and O–H groups in total. The Bertz CT molecular complexity index is 393. The zero-order valence-electron chi connectivity index (χ0n) is 9.74.